The van der Waals surface area contributed by atoms with Crippen molar-refractivity contribution in [3.8, 4) is 11.1 Å². The standard InChI is InChI=1S/C25H23N3O5S/c1-14(22-27-20(13-34-22)21(29)28-25(10-11-25)23(30)31)26-24(32)33-12-19-17-8-4-2-6-15(17)16-7-3-5-9-18(16)19/h2-9,13-14,19H,10-12H2,1H3,(H,26,32)(H,28,29)(H,30,31). The molecule has 174 valence electrons. The van der Waals surface area contributed by atoms with E-state index >= 15 is 0 Å². The van der Waals surface area contributed by atoms with E-state index in [9.17, 15) is 19.5 Å². The molecule has 2 amide bonds. The van der Waals surface area contributed by atoms with Gasteiger partial charge >= 0.3 is 12.1 Å². The molecular weight excluding hydrogens is 454 g/mol. The molecule has 0 bridgehead atoms. The summed E-state index contributed by atoms with van der Waals surface area (Å²) in [6, 6.07) is 15.8. The molecule has 2 aromatic carbocycles. The number of carboxylic acid groups (broad SMARTS) is 1. The number of carbonyl (C=O) groups is 3. The van der Waals surface area contributed by atoms with Gasteiger partial charge in [-0.15, -0.1) is 11.3 Å². The molecule has 0 saturated heterocycles. The maximum Gasteiger partial charge on any atom is 0.407 e. The van der Waals surface area contributed by atoms with Crippen molar-refractivity contribution in [3.05, 3.63) is 75.7 Å². The number of ether oxygens (including phenoxy) is 1. The summed E-state index contributed by atoms with van der Waals surface area (Å²) in [5, 5.41) is 16.6. The van der Waals surface area contributed by atoms with Crippen molar-refractivity contribution in [1.82, 2.24) is 15.6 Å². The molecule has 0 radical (unpaired) electrons. The van der Waals surface area contributed by atoms with Gasteiger partial charge in [-0.25, -0.2) is 14.6 Å². The number of aromatic nitrogens is 1. The van der Waals surface area contributed by atoms with E-state index in [2.05, 4.69) is 39.9 Å². The van der Waals surface area contributed by atoms with Crippen molar-refractivity contribution in [2.24, 2.45) is 0 Å². The second-order valence-corrected chi connectivity index (χ2v) is 9.49. The van der Waals surface area contributed by atoms with Gasteiger partial charge in [0.2, 0.25) is 0 Å². The Morgan fingerprint density at radius 3 is 2.32 bits per heavy atom. The molecule has 0 aliphatic heterocycles. The van der Waals surface area contributed by atoms with Crippen LogP contribution in [0.2, 0.25) is 0 Å². The first-order valence-electron chi connectivity index (χ1n) is 11.0. The van der Waals surface area contributed by atoms with E-state index < -0.39 is 29.6 Å². The number of carbonyl (C=O) groups excluding carboxylic acids is 2. The summed E-state index contributed by atoms with van der Waals surface area (Å²) in [4.78, 5) is 40.4. The Kier molecular flexibility index (Phi) is 5.57. The van der Waals surface area contributed by atoms with Crippen molar-refractivity contribution < 1.29 is 24.2 Å². The van der Waals surface area contributed by atoms with Gasteiger partial charge in [0.25, 0.3) is 5.91 Å². The molecule has 9 heteroatoms. The number of aliphatic carboxylic acids is 1. The minimum absolute atomic E-state index is 0.0346. The van der Waals surface area contributed by atoms with Crippen LogP contribution < -0.4 is 10.6 Å². The van der Waals surface area contributed by atoms with Gasteiger partial charge in [0, 0.05) is 11.3 Å². The zero-order chi connectivity index (χ0) is 23.9. The number of carboxylic acids is 1. The summed E-state index contributed by atoms with van der Waals surface area (Å²) < 4.78 is 5.57. The summed E-state index contributed by atoms with van der Waals surface area (Å²) >= 11 is 1.22. The predicted molar refractivity (Wildman–Crippen MR) is 126 cm³/mol. The van der Waals surface area contributed by atoms with E-state index in [1.165, 1.54) is 11.3 Å². The Bertz CT molecular complexity index is 1240. The smallest absolute Gasteiger partial charge is 0.407 e. The molecule has 1 unspecified atom stereocenters. The van der Waals surface area contributed by atoms with Gasteiger partial charge in [0.05, 0.1) is 6.04 Å². The second kappa shape index (κ2) is 8.57. The molecule has 8 nitrogen and oxygen atoms in total. The van der Waals surface area contributed by atoms with E-state index in [4.69, 9.17) is 4.74 Å². The normalized spacial score (nSPS) is 16.1. The third kappa shape index (κ3) is 4.03. The van der Waals surface area contributed by atoms with Gasteiger partial charge in [0.15, 0.2) is 0 Å². The van der Waals surface area contributed by atoms with Crippen molar-refractivity contribution in [1.29, 1.82) is 0 Å². The molecule has 34 heavy (non-hydrogen) atoms. The van der Waals surface area contributed by atoms with Gasteiger partial charge in [-0.2, -0.15) is 0 Å². The number of hydrogen-bond donors (Lipinski definition) is 3. The highest BCUT2D eigenvalue weighted by atomic mass is 32.1. The SMILES string of the molecule is CC(NC(=O)OCC1c2ccccc2-c2ccccc21)c1nc(C(=O)NC2(C(=O)O)CC2)cs1. The molecule has 1 atom stereocenters. The molecule has 3 aromatic rings. The number of alkyl carbamates (subject to hydrolysis) is 1. The topological polar surface area (TPSA) is 118 Å². The monoisotopic (exact) mass is 477 g/mol. The lowest BCUT2D eigenvalue weighted by atomic mass is 9.98. The average Bonchev–Trinajstić information content (AvgIpc) is 3.32. The van der Waals surface area contributed by atoms with E-state index in [1.807, 2.05) is 24.3 Å². The highest BCUT2D eigenvalue weighted by Gasteiger charge is 2.52. The first-order chi connectivity index (χ1) is 16.4. The Morgan fingerprint density at radius 1 is 1.12 bits per heavy atom. The quantitative estimate of drug-likeness (QED) is 0.472. The number of fused-ring (bicyclic) bond motifs is 3. The Morgan fingerprint density at radius 2 is 1.74 bits per heavy atom. The van der Waals surface area contributed by atoms with Crippen molar-refractivity contribution in [2.45, 2.75) is 37.3 Å². The van der Waals surface area contributed by atoms with E-state index in [0.29, 0.717) is 17.8 Å². The first-order valence-corrected chi connectivity index (χ1v) is 11.9. The Labute approximate surface area is 200 Å². The minimum Gasteiger partial charge on any atom is -0.480 e. The Balaban J connectivity index is 1.19. The molecule has 1 aromatic heterocycles. The van der Waals surface area contributed by atoms with Crippen LogP contribution in [-0.4, -0.2) is 40.2 Å². The van der Waals surface area contributed by atoms with Crippen LogP contribution in [0.4, 0.5) is 4.79 Å². The summed E-state index contributed by atoms with van der Waals surface area (Å²) in [5.41, 5.74) is 3.54. The van der Waals surface area contributed by atoms with Crippen LogP contribution >= 0.6 is 11.3 Å². The molecule has 2 aliphatic rings. The molecule has 1 saturated carbocycles. The molecule has 2 aliphatic carbocycles. The average molecular weight is 478 g/mol. The fourth-order valence-corrected chi connectivity index (χ4v) is 5.07. The highest BCUT2D eigenvalue weighted by Crippen LogP contribution is 2.44. The van der Waals surface area contributed by atoms with E-state index in [0.717, 1.165) is 22.3 Å². The molecular formula is C25H23N3O5S. The van der Waals surface area contributed by atoms with Crippen molar-refractivity contribution in [3.63, 3.8) is 0 Å². The van der Waals surface area contributed by atoms with Crippen LogP contribution in [0.15, 0.2) is 53.9 Å². The van der Waals surface area contributed by atoms with Gasteiger partial charge in [-0.1, -0.05) is 48.5 Å². The van der Waals surface area contributed by atoms with Crippen LogP contribution in [0, 0.1) is 0 Å². The second-order valence-electron chi connectivity index (χ2n) is 8.60. The number of amides is 2. The number of rotatable bonds is 7. The van der Waals surface area contributed by atoms with Crippen LogP contribution in [0.25, 0.3) is 11.1 Å². The zero-order valence-corrected chi connectivity index (χ0v) is 19.2. The van der Waals surface area contributed by atoms with Gasteiger partial charge < -0.3 is 20.5 Å². The van der Waals surface area contributed by atoms with Crippen molar-refractivity contribution in [2.75, 3.05) is 6.61 Å². The zero-order valence-electron chi connectivity index (χ0n) is 18.4. The molecule has 5 rings (SSSR count). The molecule has 0 spiro atoms. The maximum atomic E-state index is 12.5. The number of hydrogen-bond acceptors (Lipinski definition) is 6. The van der Waals surface area contributed by atoms with Crippen LogP contribution in [0.3, 0.4) is 0 Å². The minimum atomic E-state index is -1.17. The van der Waals surface area contributed by atoms with E-state index in [-0.39, 0.29) is 18.2 Å². The van der Waals surface area contributed by atoms with Gasteiger partial charge in [-0.3, -0.25) is 4.79 Å². The number of nitrogens with zero attached hydrogens (tertiary/aromatic N) is 1. The van der Waals surface area contributed by atoms with Crippen molar-refractivity contribution >= 4 is 29.3 Å². The molecule has 1 fully saturated rings. The van der Waals surface area contributed by atoms with Crippen LogP contribution in [0.1, 0.15) is 58.3 Å². The number of thiazole rings is 1. The number of benzene rings is 2. The summed E-state index contributed by atoms with van der Waals surface area (Å²) in [7, 11) is 0. The number of nitrogens with one attached hydrogen (secondary N) is 2. The first kappa shape index (κ1) is 22.1. The largest absolute Gasteiger partial charge is 0.480 e. The van der Waals surface area contributed by atoms with Gasteiger partial charge in [-0.05, 0) is 42.0 Å². The third-order valence-electron chi connectivity index (χ3n) is 6.32. The highest BCUT2D eigenvalue weighted by molar-refractivity contribution is 7.09. The van der Waals surface area contributed by atoms with Crippen LogP contribution in [-0.2, 0) is 9.53 Å². The van der Waals surface area contributed by atoms with Crippen LogP contribution in [0.5, 0.6) is 0 Å². The van der Waals surface area contributed by atoms with Gasteiger partial charge in [0.1, 0.15) is 22.8 Å². The summed E-state index contributed by atoms with van der Waals surface area (Å²) in [5.74, 6) is -1.61. The lowest BCUT2D eigenvalue weighted by molar-refractivity contribution is -0.140. The predicted octanol–water partition coefficient (Wildman–Crippen LogP) is 4.09. The molecule has 3 N–H and O–H groups in total. The summed E-state index contributed by atoms with van der Waals surface area (Å²) in [6.07, 6.45) is 0.244. The summed E-state index contributed by atoms with van der Waals surface area (Å²) in [6.45, 7) is 1.96. The maximum absolute atomic E-state index is 12.5. The Hall–Kier alpha value is -3.72. The molecule has 1 heterocycles. The fourth-order valence-electron chi connectivity index (χ4n) is 4.27. The van der Waals surface area contributed by atoms with E-state index in [1.54, 1.807) is 12.3 Å². The fraction of sp³-hybridized carbons (Fsp3) is 0.280. The lowest BCUT2D eigenvalue weighted by Gasteiger charge is -2.16. The third-order valence-corrected chi connectivity index (χ3v) is 7.34. The lowest BCUT2D eigenvalue weighted by Crippen LogP contribution is -2.43.